The van der Waals surface area contributed by atoms with Crippen LogP contribution in [0.15, 0.2) is 24.3 Å². The van der Waals surface area contributed by atoms with Gasteiger partial charge in [0.2, 0.25) is 11.8 Å². The van der Waals surface area contributed by atoms with E-state index >= 15 is 0 Å². The zero-order valence-corrected chi connectivity index (χ0v) is 9.02. The summed E-state index contributed by atoms with van der Waals surface area (Å²) in [5.74, 6) is -0.498. The SMILES string of the molecule is C=C(C)C(=O)NCC.C=C(C)C(N)=O. The monoisotopic (exact) mass is 198 g/mol. The topological polar surface area (TPSA) is 72.2 Å². The van der Waals surface area contributed by atoms with Crippen LogP contribution in [0.3, 0.4) is 0 Å². The Labute approximate surface area is 84.9 Å². The van der Waals surface area contributed by atoms with E-state index in [1.165, 1.54) is 0 Å². The van der Waals surface area contributed by atoms with Gasteiger partial charge in [-0.1, -0.05) is 13.2 Å². The van der Waals surface area contributed by atoms with Crippen LogP contribution in [0.25, 0.3) is 0 Å². The summed E-state index contributed by atoms with van der Waals surface area (Å²) in [6.45, 7) is 12.5. The third-order valence-corrected chi connectivity index (χ3v) is 1.15. The smallest absolute Gasteiger partial charge is 0.246 e. The number of primary amides is 1. The van der Waals surface area contributed by atoms with Gasteiger partial charge in [-0.3, -0.25) is 9.59 Å². The molecule has 0 aliphatic carbocycles. The van der Waals surface area contributed by atoms with Crippen LogP contribution in [0.1, 0.15) is 20.8 Å². The number of likely N-dealkylation sites (N-methyl/N-ethyl adjacent to an activating group) is 1. The third-order valence-electron chi connectivity index (χ3n) is 1.15. The first kappa shape index (κ1) is 14.9. The minimum Gasteiger partial charge on any atom is -0.366 e. The van der Waals surface area contributed by atoms with Crippen LogP contribution in [-0.4, -0.2) is 18.4 Å². The lowest BCUT2D eigenvalue weighted by Gasteiger charge is -1.97. The Morgan fingerprint density at radius 3 is 1.64 bits per heavy atom. The molecule has 2 amide bonds. The molecule has 0 aromatic carbocycles. The molecule has 0 heterocycles. The molecule has 0 saturated carbocycles. The van der Waals surface area contributed by atoms with Gasteiger partial charge in [-0.2, -0.15) is 0 Å². The predicted octanol–water partition coefficient (Wildman–Crippen LogP) is 0.746. The first-order valence-corrected chi connectivity index (χ1v) is 4.21. The van der Waals surface area contributed by atoms with Crippen LogP contribution < -0.4 is 11.1 Å². The van der Waals surface area contributed by atoms with Crippen molar-refractivity contribution in [2.24, 2.45) is 5.73 Å². The summed E-state index contributed by atoms with van der Waals surface area (Å²) in [7, 11) is 0. The molecule has 0 rings (SSSR count). The molecule has 0 aliphatic heterocycles. The van der Waals surface area contributed by atoms with Crippen molar-refractivity contribution < 1.29 is 9.59 Å². The van der Waals surface area contributed by atoms with E-state index in [4.69, 9.17) is 5.73 Å². The van der Waals surface area contributed by atoms with Crippen LogP contribution >= 0.6 is 0 Å². The molecule has 0 saturated heterocycles. The zero-order valence-electron chi connectivity index (χ0n) is 9.02. The van der Waals surface area contributed by atoms with E-state index in [-0.39, 0.29) is 5.91 Å². The van der Waals surface area contributed by atoms with Crippen molar-refractivity contribution in [3.63, 3.8) is 0 Å². The van der Waals surface area contributed by atoms with Gasteiger partial charge in [0.05, 0.1) is 0 Å². The maximum absolute atomic E-state index is 10.5. The van der Waals surface area contributed by atoms with Gasteiger partial charge in [-0.25, -0.2) is 0 Å². The van der Waals surface area contributed by atoms with Crippen LogP contribution in [0, 0.1) is 0 Å². The number of hydrogen-bond donors (Lipinski definition) is 2. The van der Waals surface area contributed by atoms with Gasteiger partial charge in [0.25, 0.3) is 0 Å². The van der Waals surface area contributed by atoms with Crippen molar-refractivity contribution in [1.82, 2.24) is 5.32 Å². The Morgan fingerprint density at radius 2 is 1.57 bits per heavy atom. The van der Waals surface area contributed by atoms with Crippen molar-refractivity contribution in [2.45, 2.75) is 20.8 Å². The van der Waals surface area contributed by atoms with Crippen molar-refractivity contribution in [3.05, 3.63) is 24.3 Å². The summed E-state index contributed by atoms with van der Waals surface area (Å²) < 4.78 is 0. The fourth-order valence-electron chi connectivity index (χ4n) is 0.311. The number of carbonyl (C=O) groups is 2. The number of amides is 2. The Balaban J connectivity index is 0. The van der Waals surface area contributed by atoms with E-state index in [0.717, 1.165) is 0 Å². The van der Waals surface area contributed by atoms with Gasteiger partial charge in [-0.15, -0.1) is 0 Å². The molecular weight excluding hydrogens is 180 g/mol. The first-order valence-electron chi connectivity index (χ1n) is 4.21. The van der Waals surface area contributed by atoms with Gasteiger partial charge in [0, 0.05) is 17.7 Å². The molecule has 80 valence electrons. The fraction of sp³-hybridized carbons (Fsp3) is 0.400. The number of rotatable bonds is 3. The largest absolute Gasteiger partial charge is 0.366 e. The highest BCUT2D eigenvalue weighted by Crippen LogP contribution is 1.82. The second-order valence-electron chi connectivity index (χ2n) is 2.78. The molecule has 0 atom stereocenters. The molecule has 0 aromatic heterocycles. The summed E-state index contributed by atoms with van der Waals surface area (Å²) in [5.41, 5.74) is 5.66. The minimum atomic E-state index is -0.435. The Hall–Kier alpha value is -1.58. The zero-order chi connectivity index (χ0) is 11.7. The van der Waals surface area contributed by atoms with Crippen molar-refractivity contribution in [1.29, 1.82) is 0 Å². The highest BCUT2D eigenvalue weighted by molar-refractivity contribution is 5.92. The first-order chi connectivity index (χ1) is 6.32. The molecule has 0 aromatic rings. The summed E-state index contributed by atoms with van der Waals surface area (Å²) >= 11 is 0. The summed E-state index contributed by atoms with van der Waals surface area (Å²) in [6, 6.07) is 0. The molecule has 0 unspecified atom stereocenters. The normalized spacial score (nSPS) is 7.93. The second kappa shape index (κ2) is 8.04. The molecule has 3 N–H and O–H groups in total. The minimum absolute atomic E-state index is 0.0625. The average Bonchev–Trinajstić information content (AvgIpc) is 2.05. The van der Waals surface area contributed by atoms with Gasteiger partial charge in [-0.05, 0) is 20.8 Å². The summed E-state index contributed by atoms with van der Waals surface area (Å²) in [4.78, 5) is 20.4. The lowest BCUT2D eigenvalue weighted by molar-refractivity contribution is -0.117. The molecule has 0 radical (unpaired) electrons. The molecule has 14 heavy (non-hydrogen) atoms. The van der Waals surface area contributed by atoms with Gasteiger partial charge < -0.3 is 11.1 Å². The van der Waals surface area contributed by atoms with Gasteiger partial charge >= 0.3 is 0 Å². The van der Waals surface area contributed by atoms with E-state index in [1.54, 1.807) is 13.8 Å². The van der Waals surface area contributed by atoms with E-state index in [0.29, 0.717) is 17.7 Å². The molecule has 0 spiro atoms. The van der Waals surface area contributed by atoms with E-state index in [9.17, 15) is 9.59 Å². The number of carbonyl (C=O) groups excluding carboxylic acids is 2. The van der Waals surface area contributed by atoms with Crippen LogP contribution in [0.4, 0.5) is 0 Å². The molecule has 0 fully saturated rings. The van der Waals surface area contributed by atoms with Crippen molar-refractivity contribution >= 4 is 11.8 Å². The van der Waals surface area contributed by atoms with E-state index in [1.807, 2.05) is 6.92 Å². The quantitative estimate of drug-likeness (QED) is 0.657. The fourth-order valence-corrected chi connectivity index (χ4v) is 0.311. The molecule has 0 bridgehead atoms. The number of nitrogens with two attached hydrogens (primary N) is 1. The maximum atomic E-state index is 10.5. The molecule has 0 aliphatic rings. The number of hydrogen-bond acceptors (Lipinski definition) is 2. The van der Waals surface area contributed by atoms with Crippen molar-refractivity contribution in [3.8, 4) is 0 Å². The Bertz CT molecular complexity index is 233. The molecule has 4 nitrogen and oxygen atoms in total. The van der Waals surface area contributed by atoms with E-state index in [2.05, 4.69) is 18.5 Å². The Morgan fingerprint density at radius 1 is 1.21 bits per heavy atom. The van der Waals surface area contributed by atoms with Crippen LogP contribution in [0.2, 0.25) is 0 Å². The lowest BCUT2D eigenvalue weighted by atomic mass is 10.3. The third kappa shape index (κ3) is 10.4. The number of nitrogens with one attached hydrogen (secondary N) is 1. The highest BCUT2D eigenvalue weighted by Gasteiger charge is 1.95. The summed E-state index contributed by atoms with van der Waals surface area (Å²) in [6.07, 6.45) is 0. The standard InChI is InChI=1S/C6H11NO.C4H7NO/c1-4-7-6(8)5(2)3;1-3(2)4(5)6/h2,4H2,1,3H3,(H,7,8);1H2,2H3,(H2,5,6). The van der Waals surface area contributed by atoms with E-state index < -0.39 is 5.91 Å². The predicted molar refractivity (Wildman–Crippen MR) is 57.5 cm³/mol. The molecule has 4 heteroatoms. The average molecular weight is 198 g/mol. The Kier molecular flexibility index (Phi) is 8.57. The van der Waals surface area contributed by atoms with Crippen LogP contribution in [-0.2, 0) is 9.59 Å². The van der Waals surface area contributed by atoms with Crippen LogP contribution in [0.5, 0.6) is 0 Å². The highest BCUT2D eigenvalue weighted by atomic mass is 16.2. The lowest BCUT2D eigenvalue weighted by Crippen LogP contribution is -2.22. The second-order valence-corrected chi connectivity index (χ2v) is 2.78. The molecular formula is C10H18N2O2. The maximum Gasteiger partial charge on any atom is 0.246 e. The van der Waals surface area contributed by atoms with Gasteiger partial charge in [0.1, 0.15) is 0 Å². The summed E-state index contributed by atoms with van der Waals surface area (Å²) in [5, 5.41) is 2.61. The van der Waals surface area contributed by atoms with Crippen molar-refractivity contribution in [2.75, 3.05) is 6.54 Å². The van der Waals surface area contributed by atoms with Gasteiger partial charge in [0.15, 0.2) is 0 Å².